The topological polar surface area (TPSA) is 41.1 Å². The molecule has 20 heavy (non-hydrogen) atoms. The first-order chi connectivity index (χ1) is 9.51. The Labute approximate surface area is 121 Å². The number of anilines is 2. The zero-order valence-corrected chi connectivity index (χ0v) is 11.9. The van der Waals surface area contributed by atoms with E-state index < -0.39 is 5.82 Å². The third-order valence-corrected chi connectivity index (χ3v) is 3.24. The molecule has 0 aliphatic carbocycles. The summed E-state index contributed by atoms with van der Waals surface area (Å²) in [6, 6.07) is 9.45. The van der Waals surface area contributed by atoms with E-state index in [1.807, 2.05) is 20.0 Å². The fourth-order valence-electron chi connectivity index (χ4n) is 1.86. The summed E-state index contributed by atoms with van der Waals surface area (Å²) >= 11 is 5.59. The Morgan fingerprint density at radius 3 is 2.55 bits per heavy atom. The van der Waals surface area contributed by atoms with Gasteiger partial charge < -0.3 is 10.6 Å². The summed E-state index contributed by atoms with van der Waals surface area (Å²) in [5.74, 6) is -0.858. The van der Waals surface area contributed by atoms with Gasteiger partial charge in [0.25, 0.3) is 5.91 Å². The van der Waals surface area contributed by atoms with Crippen LogP contribution in [0.25, 0.3) is 0 Å². The van der Waals surface area contributed by atoms with Crippen molar-refractivity contribution >= 4 is 28.9 Å². The maximum absolute atomic E-state index is 13.3. The molecule has 0 heterocycles. The van der Waals surface area contributed by atoms with Crippen LogP contribution in [0.4, 0.5) is 15.8 Å². The second kappa shape index (κ2) is 5.92. The van der Waals surface area contributed by atoms with Crippen molar-refractivity contribution in [2.45, 2.75) is 6.92 Å². The first-order valence-corrected chi connectivity index (χ1v) is 6.44. The number of aryl methyl sites for hydroxylation is 1. The minimum Gasteiger partial charge on any atom is -0.388 e. The van der Waals surface area contributed by atoms with Crippen LogP contribution < -0.4 is 10.6 Å². The lowest BCUT2D eigenvalue weighted by Gasteiger charge is -2.09. The number of benzene rings is 2. The van der Waals surface area contributed by atoms with Crippen LogP contribution in [0.5, 0.6) is 0 Å². The lowest BCUT2D eigenvalue weighted by Crippen LogP contribution is -2.12. The monoisotopic (exact) mass is 292 g/mol. The van der Waals surface area contributed by atoms with Crippen molar-refractivity contribution in [2.24, 2.45) is 0 Å². The highest BCUT2D eigenvalue weighted by Crippen LogP contribution is 2.20. The molecule has 0 radical (unpaired) electrons. The number of hydrogen-bond donors (Lipinski definition) is 2. The van der Waals surface area contributed by atoms with E-state index in [2.05, 4.69) is 10.6 Å². The molecule has 0 aliphatic rings. The fraction of sp³-hybridized carbons (Fsp3) is 0.133. The van der Waals surface area contributed by atoms with Crippen LogP contribution in [0, 0.1) is 12.7 Å². The lowest BCUT2D eigenvalue weighted by molar-refractivity contribution is 0.102. The van der Waals surface area contributed by atoms with E-state index in [4.69, 9.17) is 11.6 Å². The van der Waals surface area contributed by atoms with Crippen LogP contribution in [0.3, 0.4) is 0 Å². The standard InChI is InChI=1S/C15H14ClFN2O/c1-9-7-10(3-6-14(9)18-2)15(20)19-11-4-5-12(16)13(17)8-11/h3-8,18H,1-2H3,(H,19,20). The molecule has 3 nitrogen and oxygen atoms in total. The third kappa shape index (κ3) is 3.08. The van der Waals surface area contributed by atoms with Crippen LogP contribution in [0.1, 0.15) is 15.9 Å². The van der Waals surface area contributed by atoms with E-state index in [1.54, 1.807) is 18.2 Å². The van der Waals surface area contributed by atoms with E-state index in [1.165, 1.54) is 12.1 Å². The van der Waals surface area contributed by atoms with E-state index in [-0.39, 0.29) is 10.9 Å². The van der Waals surface area contributed by atoms with E-state index >= 15 is 0 Å². The molecule has 0 atom stereocenters. The maximum atomic E-state index is 13.3. The number of carbonyl (C=O) groups is 1. The van der Waals surface area contributed by atoms with Gasteiger partial charge in [-0.2, -0.15) is 0 Å². The molecular weight excluding hydrogens is 279 g/mol. The van der Waals surface area contributed by atoms with Crippen molar-refractivity contribution < 1.29 is 9.18 Å². The molecule has 0 aliphatic heterocycles. The number of rotatable bonds is 3. The van der Waals surface area contributed by atoms with Gasteiger partial charge in [-0.25, -0.2) is 4.39 Å². The second-order valence-corrected chi connectivity index (χ2v) is 4.77. The normalized spacial score (nSPS) is 10.2. The van der Waals surface area contributed by atoms with Crippen molar-refractivity contribution in [3.8, 4) is 0 Å². The Kier molecular flexibility index (Phi) is 4.25. The van der Waals surface area contributed by atoms with E-state index in [9.17, 15) is 9.18 Å². The molecule has 0 fully saturated rings. The Hall–Kier alpha value is -2.07. The quantitative estimate of drug-likeness (QED) is 0.895. The molecular formula is C15H14ClFN2O. The van der Waals surface area contributed by atoms with Gasteiger partial charge in [0.1, 0.15) is 5.82 Å². The summed E-state index contributed by atoms with van der Waals surface area (Å²) in [5, 5.41) is 5.69. The second-order valence-electron chi connectivity index (χ2n) is 4.36. The number of nitrogens with one attached hydrogen (secondary N) is 2. The molecule has 2 aromatic carbocycles. The fourth-order valence-corrected chi connectivity index (χ4v) is 1.98. The Morgan fingerprint density at radius 2 is 1.95 bits per heavy atom. The average Bonchev–Trinajstić information content (AvgIpc) is 2.42. The summed E-state index contributed by atoms with van der Waals surface area (Å²) in [5.41, 5.74) is 2.80. The van der Waals surface area contributed by atoms with Crippen molar-refractivity contribution in [1.29, 1.82) is 0 Å². The molecule has 5 heteroatoms. The van der Waals surface area contributed by atoms with Gasteiger partial charge >= 0.3 is 0 Å². The molecule has 1 amide bonds. The summed E-state index contributed by atoms with van der Waals surface area (Å²) in [7, 11) is 1.82. The number of carbonyl (C=O) groups excluding carboxylic acids is 1. The predicted octanol–water partition coefficient (Wildman–Crippen LogP) is 4.08. The molecule has 0 spiro atoms. The molecule has 0 unspecified atom stereocenters. The van der Waals surface area contributed by atoms with Gasteiger partial charge in [0.2, 0.25) is 0 Å². The Bertz CT molecular complexity index is 658. The zero-order chi connectivity index (χ0) is 14.7. The third-order valence-electron chi connectivity index (χ3n) is 2.94. The molecule has 0 saturated carbocycles. The highest BCUT2D eigenvalue weighted by atomic mass is 35.5. The highest BCUT2D eigenvalue weighted by molar-refractivity contribution is 6.30. The molecule has 2 rings (SSSR count). The first kappa shape index (κ1) is 14.3. The first-order valence-electron chi connectivity index (χ1n) is 6.06. The van der Waals surface area contributed by atoms with Crippen LogP contribution in [-0.2, 0) is 0 Å². The van der Waals surface area contributed by atoms with Gasteiger partial charge in [-0.3, -0.25) is 4.79 Å². The summed E-state index contributed by atoms with van der Waals surface area (Å²) in [6.07, 6.45) is 0. The van der Waals surface area contributed by atoms with Gasteiger partial charge in [-0.05, 0) is 48.9 Å². The van der Waals surface area contributed by atoms with E-state index in [0.29, 0.717) is 11.3 Å². The molecule has 0 saturated heterocycles. The summed E-state index contributed by atoms with van der Waals surface area (Å²) in [4.78, 5) is 12.1. The molecule has 0 bridgehead atoms. The van der Waals surface area contributed by atoms with Gasteiger partial charge in [0.15, 0.2) is 0 Å². The van der Waals surface area contributed by atoms with Crippen molar-refractivity contribution in [2.75, 3.05) is 17.7 Å². The summed E-state index contributed by atoms with van der Waals surface area (Å²) < 4.78 is 13.3. The highest BCUT2D eigenvalue weighted by Gasteiger charge is 2.09. The molecule has 2 N–H and O–H groups in total. The van der Waals surface area contributed by atoms with E-state index in [0.717, 1.165) is 11.3 Å². The SMILES string of the molecule is CNc1ccc(C(=O)Nc2ccc(Cl)c(F)c2)cc1C. The van der Waals surface area contributed by atoms with Crippen molar-refractivity contribution in [3.05, 3.63) is 58.4 Å². The number of halogens is 2. The van der Waals surface area contributed by atoms with Gasteiger partial charge in [-0.15, -0.1) is 0 Å². The van der Waals surface area contributed by atoms with Gasteiger partial charge in [0.05, 0.1) is 5.02 Å². The Balaban J connectivity index is 2.19. The van der Waals surface area contributed by atoms with Crippen LogP contribution in [0.2, 0.25) is 5.02 Å². The summed E-state index contributed by atoms with van der Waals surface area (Å²) in [6.45, 7) is 1.91. The van der Waals surface area contributed by atoms with Gasteiger partial charge in [0, 0.05) is 24.0 Å². The Morgan fingerprint density at radius 1 is 1.20 bits per heavy atom. The molecule has 0 aromatic heterocycles. The van der Waals surface area contributed by atoms with Crippen LogP contribution in [-0.4, -0.2) is 13.0 Å². The van der Waals surface area contributed by atoms with Crippen LogP contribution in [0.15, 0.2) is 36.4 Å². The minimum absolute atomic E-state index is 0.0252. The largest absolute Gasteiger partial charge is 0.388 e. The zero-order valence-electron chi connectivity index (χ0n) is 11.1. The number of amides is 1. The average molecular weight is 293 g/mol. The maximum Gasteiger partial charge on any atom is 0.255 e. The smallest absolute Gasteiger partial charge is 0.255 e. The van der Waals surface area contributed by atoms with Gasteiger partial charge in [-0.1, -0.05) is 11.6 Å². The van der Waals surface area contributed by atoms with Crippen molar-refractivity contribution in [1.82, 2.24) is 0 Å². The molecule has 2 aromatic rings. The predicted molar refractivity (Wildman–Crippen MR) is 80.1 cm³/mol. The van der Waals surface area contributed by atoms with Crippen molar-refractivity contribution in [3.63, 3.8) is 0 Å². The van der Waals surface area contributed by atoms with Crippen LogP contribution >= 0.6 is 11.6 Å². The molecule has 104 valence electrons. The lowest BCUT2D eigenvalue weighted by atomic mass is 10.1. The number of hydrogen-bond acceptors (Lipinski definition) is 2. The minimum atomic E-state index is -0.564.